The number of hydrogen-bond acceptors (Lipinski definition) is 4. The summed E-state index contributed by atoms with van der Waals surface area (Å²) in [6.45, 7) is 10.3. The maximum Gasteiger partial charge on any atom is 0.268 e. The van der Waals surface area contributed by atoms with E-state index in [9.17, 15) is 4.79 Å². The van der Waals surface area contributed by atoms with Crippen molar-refractivity contribution in [3.63, 3.8) is 0 Å². The zero-order valence-electron chi connectivity index (χ0n) is 12.5. The zero-order chi connectivity index (χ0) is 14.9. The first-order valence-corrected chi connectivity index (χ1v) is 7.42. The van der Waals surface area contributed by atoms with Crippen LogP contribution >= 0.6 is 11.3 Å². The van der Waals surface area contributed by atoms with E-state index in [-0.39, 0.29) is 17.4 Å². The van der Waals surface area contributed by atoms with Gasteiger partial charge in [-0.3, -0.25) is 4.79 Å². The SMILES string of the molecule is CC(C)n1nccc1NC(=O)c1cnc(C(C)(C)C)s1. The molecule has 0 aliphatic carbocycles. The average Bonchev–Trinajstić information content (AvgIpc) is 2.95. The second-order valence-electron chi connectivity index (χ2n) is 5.99. The highest BCUT2D eigenvalue weighted by molar-refractivity contribution is 7.13. The average molecular weight is 292 g/mol. The number of carbonyl (C=O) groups excluding carboxylic acids is 1. The Morgan fingerprint density at radius 1 is 1.40 bits per heavy atom. The van der Waals surface area contributed by atoms with Crippen LogP contribution in [0.15, 0.2) is 18.5 Å². The summed E-state index contributed by atoms with van der Waals surface area (Å²) in [5.74, 6) is 0.566. The first kappa shape index (κ1) is 14.7. The Bertz CT molecular complexity index is 607. The van der Waals surface area contributed by atoms with E-state index in [0.717, 1.165) is 5.01 Å². The van der Waals surface area contributed by atoms with Gasteiger partial charge in [0.1, 0.15) is 10.7 Å². The molecule has 108 valence electrons. The Hall–Kier alpha value is -1.69. The summed E-state index contributed by atoms with van der Waals surface area (Å²) in [6, 6.07) is 2.00. The van der Waals surface area contributed by atoms with Gasteiger partial charge in [0.25, 0.3) is 5.91 Å². The van der Waals surface area contributed by atoms with Crippen molar-refractivity contribution in [1.82, 2.24) is 14.8 Å². The predicted octanol–water partition coefficient (Wildman–Crippen LogP) is 3.47. The van der Waals surface area contributed by atoms with Crippen molar-refractivity contribution < 1.29 is 4.79 Å². The van der Waals surface area contributed by atoms with Crippen molar-refractivity contribution in [3.05, 3.63) is 28.3 Å². The van der Waals surface area contributed by atoms with Crippen LogP contribution in [0, 0.1) is 0 Å². The van der Waals surface area contributed by atoms with Gasteiger partial charge in [0, 0.05) is 17.5 Å². The quantitative estimate of drug-likeness (QED) is 0.942. The van der Waals surface area contributed by atoms with E-state index in [2.05, 4.69) is 36.2 Å². The lowest BCUT2D eigenvalue weighted by Gasteiger charge is -2.13. The number of carbonyl (C=O) groups is 1. The number of amides is 1. The molecule has 2 aromatic heterocycles. The summed E-state index contributed by atoms with van der Waals surface area (Å²) in [4.78, 5) is 17.2. The summed E-state index contributed by atoms with van der Waals surface area (Å²) in [5.41, 5.74) is -0.0388. The number of hydrogen-bond donors (Lipinski definition) is 1. The van der Waals surface area contributed by atoms with Crippen LogP contribution in [0.3, 0.4) is 0 Å². The van der Waals surface area contributed by atoms with Crippen molar-refractivity contribution in [2.75, 3.05) is 5.32 Å². The van der Waals surface area contributed by atoms with Gasteiger partial charge in [-0.2, -0.15) is 5.10 Å². The molecule has 0 aliphatic rings. The molecule has 0 spiro atoms. The molecule has 0 aliphatic heterocycles. The van der Waals surface area contributed by atoms with E-state index < -0.39 is 0 Å². The molecule has 6 heteroatoms. The minimum Gasteiger partial charge on any atom is -0.306 e. The Labute approximate surface area is 123 Å². The number of nitrogens with zero attached hydrogens (tertiary/aromatic N) is 3. The van der Waals surface area contributed by atoms with E-state index in [1.807, 2.05) is 13.8 Å². The van der Waals surface area contributed by atoms with Crippen LogP contribution in [0.4, 0.5) is 5.82 Å². The van der Waals surface area contributed by atoms with Crippen LogP contribution < -0.4 is 5.32 Å². The topological polar surface area (TPSA) is 59.8 Å². The zero-order valence-corrected chi connectivity index (χ0v) is 13.3. The number of thiazole rings is 1. The third kappa shape index (κ3) is 3.07. The number of aromatic nitrogens is 3. The third-order valence-electron chi connectivity index (χ3n) is 2.77. The predicted molar refractivity (Wildman–Crippen MR) is 81.4 cm³/mol. The summed E-state index contributed by atoms with van der Waals surface area (Å²) in [5, 5.41) is 8.04. The lowest BCUT2D eigenvalue weighted by molar-refractivity contribution is 0.102. The summed E-state index contributed by atoms with van der Waals surface area (Å²) in [7, 11) is 0. The van der Waals surface area contributed by atoms with Crippen molar-refractivity contribution in [2.24, 2.45) is 0 Å². The van der Waals surface area contributed by atoms with Crippen LogP contribution in [0.1, 0.15) is 55.3 Å². The van der Waals surface area contributed by atoms with Gasteiger partial charge in [0.05, 0.1) is 17.4 Å². The molecule has 0 unspecified atom stereocenters. The van der Waals surface area contributed by atoms with Gasteiger partial charge in [-0.05, 0) is 13.8 Å². The lowest BCUT2D eigenvalue weighted by Crippen LogP contribution is -2.15. The van der Waals surface area contributed by atoms with Gasteiger partial charge in [0.15, 0.2) is 0 Å². The van der Waals surface area contributed by atoms with Crippen LogP contribution in [0.25, 0.3) is 0 Å². The molecule has 20 heavy (non-hydrogen) atoms. The Morgan fingerprint density at radius 3 is 2.65 bits per heavy atom. The van der Waals surface area contributed by atoms with Crippen molar-refractivity contribution >= 4 is 23.1 Å². The van der Waals surface area contributed by atoms with Gasteiger partial charge < -0.3 is 5.32 Å². The first-order chi connectivity index (χ1) is 9.29. The van der Waals surface area contributed by atoms with Crippen molar-refractivity contribution in [2.45, 2.75) is 46.1 Å². The fourth-order valence-electron chi connectivity index (χ4n) is 1.73. The number of anilines is 1. The summed E-state index contributed by atoms with van der Waals surface area (Å²) >= 11 is 1.43. The lowest BCUT2D eigenvalue weighted by atomic mass is 9.98. The normalized spacial score (nSPS) is 11.9. The molecule has 2 rings (SSSR count). The summed E-state index contributed by atoms with van der Waals surface area (Å²) in [6.07, 6.45) is 3.32. The number of nitrogens with one attached hydrogen (secondary N) is 1. The van der Waals surface area contributed by atoms with Gasteiger partial charge in [-0.1, -0.05) is 20.8 Å². The maximum atomic E-state index is 12.2. The van der Waals surface area contributed by atoms with Gasteiger partial charge >= 0.3 is 0 Å². The van der Waals surface area contributed by atoms with Crippen molar-refractivity contribution in [1.29, 1.82) is 0 Å². The van der Waals surface area contributed by atoms with Crippen LogP contribution in [-0.4, -0.2) is 20.7 Å². The van der Waals surface area contributed by atoms with Crippen LogP contribution in [0.5, 0.6) is 0 Å². The second-order valence-corrected chi connectivity index (χ2v) is 7.02. The first-order valence-electron chi connectivity index (χ1n) is 6.60. The molecule has 0 aromatic carbocycles. The molecular formula is C14H20N4OS. The van der Waals surface area contributed by atoms with Crippen LogP contribution in [-0.2, 0) is 5.41 Å². The van der Waals surface area contributed by atoms with Gasteiger partial charge in [-0.25, -0.2) is 9.67 Å². The fraction of sp³-hybridized carbons (Fsp3) is 0.500. The fourth-order valence-corrected chi connectivity index (χ4v) is 2.60. The largest absolute Gasteiger partial charge is 0.306 e. The minimum absolute atomic E-state index is 0.0388. The summed E-state index contributed by atoms with van der Waals surface area (Å²) < 4.78 is 1.78. The molecule has 5 nitrogen and oxygen atoms in total. The maximum absolute atomic E-state index is 12.2. The van der Waals surface area contributed by atoms with Gasteiger partial charge in [0.2, 0.25) is 0 Å². The van der Waals surface area contributed by atoms with Crippen molar-refractivity contribution in [3.8, 4) is 0 Å². The smallest absolute Gasteiger partial charge is 0.268 e. The van der Waals surface area contributed by atoms with E-state index in [4.69, 9.17) is 0 Å². The second kappa shape index (κ2) is 5.36. The van der Waals surface area contributed by atoms with E-state index in [1.165, 1.54) is 11.3 Å². The highest BCUT2D eigenvalue weighted by atomic mass is 32.1. The molecule has 0 radical (unpaired) electrons. The molecule has 1 N–H and O–H groups in total. The third-order valence-corrected chi connectivity index (χ3v) is 4.19. The Balaban J connectivity index is 2.16. The van der Waals surface area contributed by atoms with Gasteiger partial charge in [-0.15, -0.1) is 11.3 Å². The highest BCUT2D eigenvalue weighted by Gasteiger charge is 2.21. The molecule has 0 atom stereocenters. The molecule has 2 aromatic rings. The van der Waals surface area contributed by atoms with Crippen LogP contribution in [0.2, 0.25) is 0 Å². The molecule has 0 saturated carbocycles. The highest BCUT2D eigenvalue weighted by Crippen LogP contribution is 2.27. The number of rotatable bonds is 3. The van der Waals surface area contributed by atoms with E-state index in [0.29, 0.717) is 10.7 Å². The standard InChI is InChI=1S/C14H20N4OS/c1-9(2)18-11(6-7-16-18)17-12(19)10-8-15-13(20-10)14(3,4)5/h6-9H,1-5H3,(H,17,19). The molecule has 2 heterocycles. The Kier molecular flexibility index (Phi) is 3.94. The molecule has 0 fully saturated rings. The van der Waals surface area contributed by atoms with E-state index in [1.54, 1.807) is 23.1 Å². The molecular weight excluding hydrogens is 272 g/mol. The van der Waals surface area contributed by atoms with E-state index >= 15 is 0 Å². The molecule has 0 saturated heterocycles. The molecule has 1 amide bonds. The Morgan fingerprint density at radius 2 is 2.10 bits per heavy atom. The monoisotopic (exact) mass is 292 g/mol. The molecule has 0 bridgehead atoms. The minimum atomic E-state index is -0.139.